The van der Waals surface area contributed by atoms with Gasteiger partial charge in [-0.15, -0.1) is 6.58 Å². The van der Waals surface area contributed by atoms with Gasteiger partial charge in [0, 0.05) is 0 Å². The molecule has 3 amide bonds. The van der Waals surface area contributed by atoms with Crippen molar-refractivity contribution >= 4 is 11.9 Å². The van der Waals surface area contributed by atoms with Gasteiger partial charge in [0.2, 0.25) is 0 Å². The summed E-state index contributed by atoms with van der Waals surface area (Å²) in [6.45, 7) is 3.28. The van der Waals surface area contributed by atoms with E-state index in [1.54, 1.807) is 0 Å². The highest BCUT2D eigenvalue weighted by molar-refractivity contribution is 6.04. The van der Waals surface area contributed by atoms with Gasteiger partial charge in [-0.25, -0.2) is 4.79 Å². The molecule has 1 fully saturated rings. The van der Waals surface area contributed by atoms with Crippen LogP contribution in [0.2, 0.25) is 0 Å². The van der Waals surface area contributed by atoms with Crippen LogP contribution in [0.15, 0.2) is 12.7 Å². The van der Waals surface area contributed by atoms with Gasteiger partial charge in [0.1, 0.15) is 12.1 Å². The molecule has 0 aromatic carbocycles. The van der Waals surface area contributed by atoms with Gasteiger partial charge in [0.15, 0.2) is 0 Å². The van der Waals surface area contributed by atoms with Gasteiger partial charge in [0.25, 0.3) is 5.91 Å². The van der Waals surface area contributed by atoms with Crippen LogP contribution in [0.5, 0.6) is 0 Å². The first-order valence-electron chi connectivity index (χ1n) is 3.07. The third kappa shape index (κ3) is 1.38. The number of rotatable bonds is 2. The Hall–Kier alpha value is -1.36. The minimum atomic E-state index is -1.03. The van der Waals surface area contributed by atoms with Crippen LogP contribution < -0.4 is 10.6 Å². The third-order valence-electron chi connectivity index (χ3n) is 1.39. The van der Waals surface area contributed by atoms with Crippen LogP contribution in [0.1, 0.15) is 0 Å². The summed E-state index contributed by atoms with van der Waals surface area (Å²) in [4.78, 5) is 21.3. The summed E-state index contributed by atoms with van der Waals surface area (Å²) in [7, 11) is 0. The van der Waals surface area contributed by atoms with Gasteiger partial charge in [-0.1, -0.05) is 6.08 Å². The molecule has 0 bridgehead atoms. The summed E-state index contributed by atoms with van der Waals surface area (Å²) in [5.74, 6) is -0.526. The monoisotopic (exact) mass is 156 g/mol. The van der Waals surface area contributed by atoms with Crippen molar-refractivity contribution < 1.29 is 14.7 Å². The van der Waals surface area contributed by atoms with Gasteiger partial charge in [0.05, 0.1) is 0 Å². The van der Waals surface area contributed by atoms with Crippen molar-refractivity contribution in [2.45, 2.75) is 12.1 Å². The Morgan fingerprint density at radius 1 is 1.64 bits per heavy atom. The lowest BCUT2D eigenvalue weighted by atomic mass is 10.1. The fraction of sp³-hybridized carbons (Fsp3) is 0.333. The van der Waals surface area contributed by atoms with E-state index in [9.17, 15) is 9.59 Å². The highest BCUT2D eigenvalue weighted by Crippen LogP contribution is 1.99. The maximum absolute atomic E-state index is 10.8. The van der Waals surface area contributed by atoms with E-state index in [1.807, 2.05) is 5.32 Å². The van der Waals surface area contributed by atoms with E-state index in [2.05, 4.69) is 11.9 Å². The summed E-state index contributed by atoms with van der Waals surface area (Å²) in [5.41, 5.74) is 0. The molecular weight excluding hydrogens is 148 g/mol. The topological polar surface area (TPSA) is 78.4 Å². The Morgan fingerprint density at radius 2 is 2.27 bits per heavy atom. The van der Waals surface area contributed by atoms with Crippen molar-refractivity contribution in [3.05, 3.63) is 12.7 Å². The van der Waals surface area contributed by atoms with Crippen LogP contribution in [0.4, 0.5) is 4.79 Å². The fourth-order valence-corrected chi connectivity index (χ4v) is 0.809. The minimum Gasteiger partial charge on any atom is -0.386 e. The first-order valence-corrected chi connectivity index (χ1v) is 3.07. The molecule has 1 saturated heterocycles. The molecule has 60 valence electrons. The van der Waals surface area contributed by atoms with Crippen LogP contribution in [0, 0.1) is 0 Å². The molecule has 5 heteroatoms. The van der Waals surface area contributed by atoms with Gasteiger partial charge in [-0.3, -0.25) is 10.1 Å². The van der Waals surface area contributed by atoms with Crippen molar-refractivity contribution in [1.29, 1.82) is 0 Å². The van der Waals surface area contributed by atoms with E-state index in [0.29, 0.717) is 0 Å². The van der Waals surface area contributed by atoms with Crippen LogP contribution in [-0.2, 0) is 4.79 Å². The summed E-state index contributed by atoms with van der Waals surface area (Å²) >= 11 is 0. The third-order valence-corrected chi connectivity index (χ3v) is 1.39. The van der Waals surface area contributed by atoms with E-state index in [-0.39, 0.29) is 0 Å². The van der Waals surface area contributed by atoms with Crippen molar-refractivity contribution in [3.8, 4) is 0 Å². The molecule has 0 saturated carbocycles. The van der Waals surface area contributed by atoms with Crippen LogP contribution >= 0.6 is 0 Å². The zero-order valence-electron chi connectivity index (χ0n) is 5.70. The Morgan fingerprint density at radius 3 is 2.64 bits per heavy atom. The van der Waals surface area contributed by atoms with E-state index < -0.39 is 24.1 Å². The molecular formula is C6H8N2O3. The van der Waals surface area contributed by atoms with E-state index in [1.165, 1.54) is 6.08 Å². The van der Waals surface area contributed by atoms with Gasteiger partial charge in [-0.05, 0) is 0 Å². The number of carbonyl (C=O) groups is 2. The molecule has 2 unspecified atom stereocenters. The van der Waals surface area contributed by atoms with Crippen LogP contribution in [0.25, 0.3) is 0 Å². The van der Waals surface area contributed by atoms with E-state index in [4.69, 9.17) is 5.11 Å². The van der Waals surface area contributed by atoms with Crippen molar-refractivity contribution in [2.24, 2.45) is 0 Å². The summed E-state index contributed by atoms with van der Waals surface area (Å²) in [5, 5.41) is 13.3. The van der Waals surface area contributed by atoms with Crippen LogP contribution in [-0.4, -0.2) is 29.2 Å². The Labute approximate surface area is 63.1 Å². The van der Waals surface area contributed by atoms with Crippen LogP contribution in [0.3, 0.4) is 0 Å². The van der Waals surface area contributed by atoms with Gasteiger partial charge >= 0.3 is 6.03 Å². The predicted molar refractivity (Wildman–Crippen MR) is 36.7 cm³/mol. The average molecular weight is 156 g/mol. The van der Waals surface area contributed by atoms with Crippen molar-refractivity contribution in [1.82, 2.24) is 10.6 Å². The average Bonchev–Trinajstić information content (AvgIpc) is 2.28. The number of hydrogen-bond acceptors (Lipinski definition) is 3. The Bertz CT molecular complexity index is 214. The zero-order valence-corrected chi connectivity index (χ0v) is 5.70. The number of hydrogen-bond donors (Lipinski definition) is 3. The largest absolute Gasteiger partial charge is 0.386 e. The summed E-state index contributed by atoms with van der Waals surface area (Å²) < 4.78 is 0. The molecule has 0 aromatic rings. The molecule has 0 spiro atoms. The lowest BCUT2D eigenvalue weighted by Gasteiger charge is -2.09. The summed E-state index contributed by atoms with van der Waals surface area (Å²) in [6.07, 6.45) is 0.164. The standard InChI is InChI=1S/C6H8N2O3/c1-2-3(9)4-5(10)8-6(11)7-4/h2-4,9H,1H2,(H2,7,8,10,11). The number of nitrogens with one attached hydrogen (secondary N) is 2. The Balaban J connectivity index is 2.66. The quantitative estimate of drug-likeness (QED) is 0.345. The SMILES string of the molecule is C=CC(O)C1NC(=O)NC1=O. The molecule has 1 aliphatic heterocycles. The maximum atomic E-state index is 10.8. The number of carbonyl (C=O) groups excluding carboxylic acids is 2. The van der Waals surface area contributed by atoms with E-state index in [0.717, 1.165) is 0 Å². The second kappa shape index (κ2) is 2.71. The van der Waals surface area contributed by atoms with Crippen molar-refractivity contribution in [2.75, 3.05) is 0 Å². The second-order valence-electron chi connectivity index (χ2n) is 2.17. The molecule has 11 heavy (non-hydrogen) atoms. The Kier molecular flexibility index (Phi) is 1.91. The molecule has 3 N–H and O–H groups in total. The molecule has 0 aliphatic carbocycles. The lowest BCUT2D eigenvalue weighted by molar-refractivity contribution is -0.121. The van der Waals surface area contributed by atoms with Gasteiger partial charge < -0.3 is 10.4 Å². The second-order valence-corrected chi connectivity index (χ2v) is 2.17. The first-order chi connectivity index (χ1) is 5.15. The number of amides is 3. The lowest BCUT2D eigenvalue weighted by Crippen LogP contribution is -2.39. The van der Waals surface area contributed by atoms with E-state index >= 15 is 0 Å². The number of aliphatic hydroxyl groups excluding tert-OH is 1. The normalized spacial score (nSPS) is 25.7. The molecule has 2 atom stereocenters. The first kappa shape index (κ1) is 7.74. The zero-order chi connectivity index (χ0) is 8.43. The molecule has 1 heterocycles. The number of aliphatic hydroxyl groups is 1. The minimum absolute atomic E-state index is 0.526. The number of imide groups is 1. The molecule has 1 rings (SSSR count). The summed E-state index contributed by atoms with van der Waals surface area (Å²) in [6, 6.07) is -1.47. The maximum Gasteiger partial charge on any atom is 0.322 e. The highest BCUT2D eigenvalue weighted by atomic mass is 16.3. The predicted octanol–water partition coefficient (Wildman–Crippen LogP) is -1.26. The number of urea groups is 1. The molecule has 1 aliphatic rings. The highest BCUT2D eigenvalue weighted by Gasteiger charge is 2.33. The fourth-order valence-electron chi connectivity index (χ4n) is 0.809. The van der Waals surface area contributed by atoms with Crippen molar-refractivity contribution in [3.63, 3.8) is 0 Å². The molecule has 5 nitrogen and oxygen atoms in total. The smallest absolute Gasteiger partial charge is 0.322 e. The molecule has 0 aromatic heterocycles. The van der Waals surface area contributed by atoms with Gasteiger partial charge in [-0.2, -0.15) is 0 Å². The molecule has 0 radical (unpaired) electrons.